The molecule has 0 saturated heterocycles. The number of carbonyl (C=O) groups excluding carboxylic acids is 1. The number of nitro benzene ring substituents is 1. The van der Waals surface area contributed by atoms with Crippen molar-refractivity contribution in [1.29, 1.82) is 0 Å². The van der Waals surface area contributed by atoms with Crippen LogP contribution < -0.4 is 10.4 Å². The maximum Gasteiger partial charge on any atom is 0.264 e. The minimum absolute atomic E-state index is 0.0279. The molecule has 0 spiro atoms. The Labute approximate surface area is 89.6 Å². The molecule has 1 rings (SSSR count). The normalized spacial score (nSPS) is 9.73. The average Bonchev–Trinajstić information content (AvgIpc) is 2.19. The average molecular weight is 230 g/mol. The van der Waals surface area contributed by atoms with E-state index >= 15 is 0 Å². The van der Waals surface area contributed by atoms with Gasteiger partial charge in [-0.15, -0.1) is 0 Å². The van der Waals surface area contributed by atoms with Gasteiger partial charge in [-0.05, 0) is 11.8 Å². The van der Waals surface area contributed by atoms with E-state index in [1.54, 1.807) is 0 Å². The molecular formula is C8H6ClN2O4-. The van der Waals surface area contributed by atoms with Gasteiger partial charge in [0.05, 0.1) is 4.92 Å². The number of benzene rings is 1. The first-order valence-electron chi connectivity index (χ1n) is 3.84. The summed E-state index contributed by atoms with van der Waals surface area (Å²) in [5, 5.41) is 24.0. The van der Waals surface area contributed by atoms with Gasteiger partial charge in [0.25, 0.3) is 11.6 Å². The molecule has 6 nitrogen and oxygen atoms in total. The minimum Gasteiger partial charge on any atom is -0.867 e. The van der Waals surface area contributed by atoms with E-state index < -0.39 is 22.3 Å². The van der Waals surface area contributed by atoms with Gasteiger partial charge in [-0.3, -0.25) is 14.9 Å². The van der Waals surface area contributed by atoms with Crippen LogP contribution in [-0.2, 0) is 0 Å². The summed E-state index contributed by atoms with van der Waals surface area (Å²) in [7, 11) is 1.31. The molecule has 0 fully saturated rings. The Balaban J connectivity index is 3.41. The van der Waals surface area contributed by atoms with E-state index in [-0.39, 0.29) is 10.6 Å². The third-order valence-electron chi connectivity index (χ3n) is 1.70. The first kappa shape index (κ1) is 11.3. The lowest BCUT2D eigenvalue weighted by atomic mass is 10.1. The van der Waals surface area contributed by atoms with E-state index in [4.69, 9.17) is 11.6 Å². The van der Waals surface area contributed by atoms with Crippen molar-refractivity contribution in [2.45, 2.75) is 0 Å². The molecule has 0 atom stereocenters. The van der Waals surface area contributed by atoms with Gasteiger partial charge in [-0.2, -0.15) is 0 Å². The lowest BCUT2D eigenvalue weighted by Crippen LogP contribution is -2.20. The van der Waals surface area contributed by atoms with Gasteiger partial charge in [-0.1, -0.05) is 11.6 Å². The predicted molar refractivity (Wildman–Crippen MR) is 50.9 cm³/mol. The number of hydrogen-bond acceptors (Lipinski definition) is 4. The molecule has 1 N–H and O–H groups in total. The van der Waals surface area contributed by atoms with Crippen molar-refractivity contribution < 1.29 is 14.8 Å². The van der Waals surface area contributed by atoms with E-state index in [0.29, 0.717) is 0 Å². The number of nitro groups is 1. The Bertz CT molecular complexity index is 433. The number of amides is 1. The molecule has 7 heteroatoms. The van der Waals surface area contributed by atoms with Crippen LogP contribution in [0.15, 0.2) is 12.1 Å². The fourth-order valence-electron chi connectivity index (χ4n) is 1.02. The number of rotatable bonds is 2. The smallest absolute Gasteiger partial charge is 0.264 e. The molecule has 1 aromatic rings. The highest BCUT2D eigenvalue weighted by Gasteiger charge is 2.15. The molecule has 0 bridgehead atoms. The maximum atomic E-state index is 11.4. The molecule has 15 heavy (non-hydrogen) atoms. The summed E-state index contributed by atoms with van der Waals surface area (Å²) < 4.78 is 0. The van der Waals surface area contributed by atoms with Crippen molar-refractivity contribution in [3.8, 4) is 5.75 Å². The molecule has 0 unspecified atom stereocenters. The first-order chi connectivity index (χ1) is 6.97. The van der Waals surface area contributed by atoms with Crippen LogP contribution in [0.2, 0.25) is 5.02 Å². The van der Waals surface area contributed by atoms with Crippen LogP contribution in [0.3, 0.4) is 0 Å². The summed E-state index contributed by atoms with van der Waals surface area (Å²) in [6, 6.07) is 2.01. The van der Waals surface area contributed by atoms with Crippen LogP contribution in [0, 0.1) is 10.1 Å². The minimum atomic E-state index is -0.941. The molecule has 0 saturated carbocycles. The van der Waals surface area contributed by atoms with E-state index in [0.717, 1.165) is 12.1 Å². The molecule has 0 heterocycles. The van der Waals surface area contributed by atoms with E-state index in [2.05, 4.69) is 5.32 Å². The largest absolute Gasteiger partial charge is 0.867 e. The van der Waals surface area contributed by atoms with E-state index in [9.17, 15) is 20.0 Å². The molecular weight excluding hydrogens is 224 g/mol. The SMILES string of the molecule is CNC(=O)c1cc(Cl)cc([N+](=O)[O-])c1[O-]. The Morgan fingerprint density at radius 2 is 2.13 bits per heavy atom. The van der Waals surface area contributed by atoms with Crippen LogP contribution in [-0.4, -0.2) is 17.9 Å². The second-order valence-corrected chi connectivity index (χ2v) is 3.07. The van der Waals surface area contributed by atoms with Crippen molar-refractivity contribution in [2.75, 3.05) is 7.05 Å². The van der Waals surface area contributed by atoms with Crippen LogP contribution in [0.4, 0.5) is 5.69 Å². The zero-order valence-corrected chi connectivity index (χ0v) is 8.37. The van der Waals surface area contributed by atoms with Crippen LogP contribution in [0.5, 0.6) is 5.75 Å². The van der Waals surface area contributed by atoms with E-state index in [1.165, 1.54) is 7.05 Å². The first-order valence-corrected chi connectivity index (χ1v) is 4.22. The number of nitrogens with zero attached hydrogens (tertiary/aromatic N) is 1. The summed E-state index contributed by atoms with van der Waals surface area (Å²) in [5.41, 5.74) is -1.04. The second kappa shape index (κ2) is 4.14. The third-order valence-corrected chi connectivity index (χ3v) is 1.92. The van der Waals surface area contributed by atoms with Crippen molar-refractivity contribution in [3.63, 3.8) is 0 Å². The quantitative estimate of drug-likeness (QED) is 0.596. The standard InChI is InChI=1S/C8H7ClN2O4/c1-10-8(13)5-2-4(9)3-6(7(5)12)11(14)15/h2-3,12H,1H3,(H,10,13)/p-1. The molecule has 0 aromatic heterocycles. The molecule has 0 aliphatic carbocycles. The van der Waals surface area contributed by atoms with Gasteiger partial charge in [0.1, 0.15) is 0 Å². The van der Waals surface area contributed by atoms with Gasteiger partial charge in [-0.25, -0.2) is 0 Å². The number of nitrogens with one attached hydrogen (secondary N) is 1. The second-order valence-electron chi connectivity index (χ2n) is 2.64. The zero-order valence-electron chi connectivity index (χ0n) is 7.61. The summed E-state index contributed by atoms with van der Waals surface area (Å²) in [5.74, 6) is -1.64. The van der Waals surface area contributed by atoms with Crippen LogP contribution >= 0.6 is 11.6 Å². The lowest BCUT2D eigenvalue weighted by Gasteiger charge is -2.12. The van der Waals surface area contributed by atoms with Crippen molar-refractivity contribution >= 4 is 23.2 Å². The lowest BCUT2D eigenvalue weighted by molar-refractivity contribution is -0.398. The van der Waals surface area contributed by atoms with Crippen molar-refractivity contribution in [2.24, 2.45) is 0 Å². The summed E-state index contributed by atoms with van der Waals surface area (Å²) in [4.78, 5) is 20.7. The molecule has 1 aromatic carbocycles. The Morgan fingerprint density at radius 1 is 1.53 bits per heavy atom. The molecule has 80 valence electrons. The van der Waals surface area contributed by atoms with Gasteiger partial charge in [0.15, 0.2) is 0 Å². The molecule has 0 aliphatic heterocycles. The van der Waals surface area contributed by atoms with Crippen LogP contribution in [0.25, 0.3) is 0 Å². The number of carbonyl (C=O) groups is 1. The monoisotopic (exact) mass is 229 g/mol. The molecule has 0 aliphatic rings. The Morgan fingerprint density at radius 3 is 2.60 bits per heavy atom. The maximum absolute atomic E-state index is 11.4. The highest BCUT2D eigenvalue weighted by atomic mass is 35.5. The summed E-state index contributed by atoms with van der Waals surface area (Å²) in [6.07, 6.45) is 0. The van der Waals surface area contributed by atoms with Crippen molar-refractivity contribution in [3.05, 3.63) is 32.8 Å². The van der Waals surface area contributed by atoms with Crippen LogP contribution in [0.1, 0.15) is 10.4 Å². The van der Waals surface area contributed by atoms with E-state index in [1.807, 2.05) is 0 Å². The summed E-state index contributed by atoms with van der Waals surface area (Å²) >= 11 is 5.54. The Hall–Kier alpha value is -1.82. The molecule has 0 radical (unpaired) electrons. The van der Waals surface area contributed by atoms with Gasteiger partial charge >= 0.3 is 0 Å². The summed E-state index contributed by atoms with van der Waals surface area (Å²) in [6.45, 7) is 0. The topological polar surface area (TPSA) is 95.3 Å². The predicted octanol–water partition coefficient (Wildman–Crippen LogP) is 0.681. The fourth-order valence-corrected chi connectivity index (χ4v) is 1.23. The zero-order chi connectivity index (χ0) is 11.6. The fraction of sp³-hybridized carbons (Fsp3) is 0.125. The van der Waals surface area contributed by atoms with Crippen molar-refractivity contribution in [1.82, 2.24) is 5.32 Å². The highest BCUT2D eigenvalue weighted by molar-refractivity contribution is 6.31. The third kappa shape index (κ3) is 2.16. The molecule has 1 amide bonds. The van der Waals surface area contributed by atoms with Gasteiger partial charge in [0, 0.05) is 23.7 Å². The van der Waals surface area contributed by atoms with Gasteiger partial charge in [0.2, 0.25) is 0 Å². The number of hydrogen-bond donors (Lipinski definition) is 1. The highest BCUT2D eigenvalue weighted by Crippen LogP contribution is 2.30. The number of halogens is 1. The Kier molecular flexibility index (Phi) is 3.11. The van der Waals surface area contributed by atoms with Gasteiger partial charge < -0.3 is 10.4 Å².